The zero-order valence-corrected chi connectivity index (χ0v) is 17.3. The summed E-state index contributed by atoms with van der Waals surface area (Å²) in [6.07, 6.45) is 0. The van der Waals surface area contributed by atoms with Crippen LogP contribution < -0.4 is 10.6 Å². The van der Waals surface area contributed by atoms with Crippen LogP contribution in [0.2, 0.25) is 10.0 Å². The van der Waals surface area contributed by atoms with Gasteiger partial charge < -0.3 is 14.8 Å². The standard InChI is InChI=1S/C20H14Cl2N2O4S/c1-10-2-3-12(19(26)27)9-15(10)23-20(29)24-18(25)17-7-6-16(28-17)11-4-5-13(21)14(22)8-11/h2-9H,1H3,(H,26,27)(H2,23,24,25,29). The van der Waals surface area contributed by atoms with Crippen molar-refractivity contribution in [2.45, 2.75) is 6.92 Å². The summed E-state index contributed by atoms with van der Waals surface area (Å²) in [5.74, 6) is -1.13. The van der Waals surface area contributed by atoms with Gasteiger partial charge in [0, 0.05) is 11.3 Å². The molecule has 0 spiro atoms. The molecule has 0 radical (unpaired) electrons. The molecular formula is C20H14Cl2N2O4S. The first-order valence-electron chi connectivity index (χ1n) is 8.26. The molecule has 3 rings (SSSR count). The quantitative estimate of drug-likeness (QED) is 0.463. The molecule has 0 saturated heterocycles. The lowest BCUT2D eigenvalue weighted by Crippen LogP contribution is -2.34. The van der Waals surface area contributed by atoms with E-state index in [9.17, 15) is 9.59 Å². The van der Waals surface area contributed by atoms with Crippen molar-refractivity contribution >= 4 is 58.1 Å². The van der Waals surface area contributed by atoms with E-state index in [1.54, 1.807) is 37.3 Å². The van der Waals surface area contributed by atoms with E-state index in [1.165, 1.54) is 18.2 Å². The van der Waals surface area contributed by atoms with E-state index in [0.717, 1.165) is 5.56 Å². The molecule has 0 unspecified atom stereocenters. The largest absolute Gasteiger partial charge is 0.478 e. The Bertz CT molecular complexity index is 1130. The fraction of sp³-hybridized carbons (Fsp3) is 0.0500. The molecule has 1 aromatic heterocycles. The highest BCUT2D eigenvalue weighted by Crippen LogP contribution is 2.29. The number of hydrogen-bond acceptors (Lipinski definition) is 4. The fourth-order valence-electron chi connectivity index (χ4n) is 2.47. The van der Waals surface area contributed by atoms with Crippen LogP contribution in [0.15, 0.2) is 52.9 Å². The number of carbonyl (C=O) groups is 2. The molecule has 0 aliphatic carbocycles. The van der Waals surface area contributed by atoms with E-state index in [1.807, 2.05) is 0 Å². The summed E-state index contributed by atoms with van der Waals surface area (Å²) in [6.45, 7) is 1.79. The van der Waals surface area contributed by atoms with Crippen molar-refractivity contribution < 1.29 is 19.1 Å². The maximum absolute atomic E-state index is 12.4. The zero-order valence-electron chi connectivity index (χ0n) is 15.0. The molecule has 1 heterocycles. The molecule has 29 heavy (non-hydrogen) atoms. The maximum Gasteiger partial charge on any atom is 0.335 e. The third-order valence-electron chi connectivity index (χ3n) is 3.99. The van der Waals surface area contributed by atoms with Crippen LogP contribution in [-0.4, -0.2) is 22.1 Å². The Morgan fingerprint density at radius 1 is 1.03 bits per heavy atom. The molecule has 2 aromatic carbocycles. The lowest BCUT2D eigenvalue weighted by atomic mass is 10.1. The normalized spacial score (nSPS) is 10.4. The number of hydrogen-bond donors (Lipinski definition) is 3. The average Bonchev–Trinajstić information content (AvgIpc) is 3.16. The number of aryl methyl sites for hydroxylation is 1. The number of benzene rings is 2. The van der Waals surface area contributed by atoms with Crippen LogP contribution in [0.1, 0.15) is 26.5 Å². The minimum Gasteiger partial charge on any atom is -0.478 e. The number of carboxylic acid groups (broad SMARTS) is 1. The van der Waals surface area contributed by atoms with Gasteiger partial charge in [0.05, 0.1) is 15.6 Å². The number of carboxylic acids is 1. The highest BCUT2D eigenvalue weighted by molar-refractivity contribution is 7.80. The highest BCUT2D eigenvalue weighted by atomic mass is 35.5. The molecule has 3 N–H and O–H groups in total. The molecule has 0 fully saturated rings. The van der Waals surface area contributed by atoms with Gasteiger partial charge >= 0.3 is 5.97 Å². The zero-order chi connectivity index (χ0) is 21.1. The van der Waals surface area contributed by atoms with Gasteiger partial charge in [-0.2, -0.15) is 0 Å². The van der Waals surface area contributed by atoms with Crippen LogP contribution in [0, 0.1) is 6.92 Å². The minimum atomic E-state index is -1.06. The number of anilines is 1. The van der Waals surface area contributed by atoms with E-state index in [-0.39, 0.29) is 16.4 Å². The number of furan rings is 1. The van der Waals surface area contributed by atoms with Crippen LogP contribution in [0.4, 0.5) is 5.69 Å². The number of carbonyl (C=O) groups excluding carboxylic acids is 1. The Morgan fingerprint density at radius 2 is 1.79 bits per heavy atom. The van der Waals surface area contributed by atoms with Crippen LogP contribution >= 0.6 is 35.4 Å². The van der Waals surface area contributed by atoms with Crippen molar-refractivity contribution in [1.29, 1.82) is 0 Å². The van der Waals surface area contributed by atoms with Crippen LogP contribution in [0.5, 0.6) is 0 Å². The molecule has 0 aliphatic heterocycles. The summed E-state index contributed by atoms with van der Waals surface area (Å²) in [5, 5.41) is 15.2. The first-order chi connectivity index (χ1) is 13.7. The van der Waals surface area contributed by atoms with Crippen molar-refractivity contribution in [3.8, 4) is 11.3 Å². The van der Waals surface area contributed by atoms with Crippen molar-refractivity contribution in [3.05, 3.63) is 75.5 Å². The molecule has 148 valence electrons. The number of halogens is 2. The van der Waals surface area contributed by atoms with E-state index < -0.39 is 11.9 Å². The Morgan fingerprint density at radius 3 is 2.48 bits per heavy atom. The number of amides is 1. The topological polar surface area (TPSA) is 91.6 Å². The lowest BCUT2D eigenvalue weighted by molar-refractivity contribution is 0.0696. The van der Waals surface area contributed by atoms with Gasteiger partial charge in [-0.05, 0) is 67.2 Å². The Labute approximate surface area is 181 Å². The summed E-state index contributed by atoms with van der Waals surface area (Å²) in [6, 6.07) is 12.7. The molecule has 6 nitrogen and oxygen atoms in total. The summed E-state index contributed by atoms with van der Waals surface area (Å²) in [5.41, 5.74) is 2.02. The van der Waals surface area contributed by atoms with Crippen molar-refractivity contribution in [2.75, 3.05) is 5.32 Å². The summed E-state index contributed by atoms with van der Waals surface area (Å²) in [7, 11) is 0. The monoisotopic (exact) mass is 448 g/mol. The molecule has 0 aliphatic rings. The Balaban J connectivity index is 1.70. The van der Waals surface area contributed by atoms with E-state index in [4.69, 9.17) is 44.9 Å². The van der Waals surface area contributed by atoms with Gasteiger partial charge in [-0.3, -0.25) is 10.1 Å². The van der Waals surface area contributed by atoms with Crippen LogP contribution in [-0.2, 0) is 0 Å². The molecule has 9 heteroatoms. The lowest BCUT2D eigenvalue weighted by Gasteiger charge is -2.11. The van der Waals surface area contributed by atoms with Crippen molar-refractivity contribution in [3.63, 3.8) is 0 Å². The van der Waals surface area contributed by atoms with Gasteiger partial charge in [0.25, 0.3) is 5.91 Å². The highest BCUT2D eigenvalue weighted by Gasteiger charge is 2.15. The summed E-state index contributed by atoms with van der Waals surface area (Å²) in [4.78, 5) is 23.5. The van der Waals surface area contributed by atoms with E-state index in [0.29, 0.717) is 27.1 Å². The second-order valence-corrected chi connectivity index (χ2v) is 7.26. The van der Waals surface area contributed by atoms with Gasteiger partial charge in [0.2, 0.25) is 0 Å². The number of thiocarbonyl (C=S) groups is 1. The van der Waals surface area contributed by atoms with Gasteiger partial charge in [0.15, 0.2) is 10.9 Å². The molecular weight excluding hydrogens is 435 g/mol. The number of rotatable bonds is 4. The van der Waals surface area contributed by atoms with Gasteiger partial charge in [-0.25, -0.2) is 4.79 Å². The number of aromatic carboxylic acids is 1. The Kier molecular flexibility index (Phi) is 6.22. The fourth-order valence-corrected chi connectivity index (χ4v) is 2.97. The summed E-state index contributed by atoms with van der Waals surface area (Å²) >= 11 is 17.1. The second kappa shape index (κ2) is 8.65. The molecule has 0 atom stereocenters. The molecule has 1 amide bonds. The van der Waals surface area contributed by atoms with Gasteiger partial charge in [0.1, 0.15) is 5.76 Å². The molecule has 0 saturated carbocycles. The smallest absolute Gasteiger partial charge is 0.335 e. The molecule has 0 bridgehead atoms. The average molecular weight is 449 g/mol. The second-order valence-electron chi connectivity index (χ2n) is 6.04. The Hall–Kier alpha value is -2.87. The first-order valence-corrected chi connectivity index (χ1v) is 9.42. The maximum atomic E-state index is 12.4. The van der Waals surface area contributed by atoms with E-state index >= 15 is 0 Å². The SMILES string of the molecule is Cc1ccc(C(=O)O)cc1NC(=S)NC(=O)c1ccc(-c2ccc(Cl)c(Cl)c2)o1. The molecule has 3 aromatic rings. The van der Waals surface area contributed by atoms with Crippen molar-refractivity contribution in [1.82, 2.24) is 5.32 Å². The van der Waals surface area contributed by atoms with Gasteiger partial charge in [-0.15, -0.1) is 0 Å². The van der Waals surface area contributed by atoms with Crippen LogP contribution in [0.3, 0.4) is 0 Å². The predicted octanol–water partition coefficient (Wildman–Crippen LogP) is 5.39. The summed E-state index contributed by atoms with van der Waals surface area (Å²) < 4.78 is 5.57. The third kappa shape index (κ3) is 4.95. The minimum absolute atomic E-state index is 0.00752. The van der Waals surface area contributed by atoms with Gasteiger partial charge in [-0.1, -0.05) is 29.3 Å². The van der Waals surface area contributed by atoms with E-state index in [2.05, 4.69) is 10.6 Å². The van der Waals surface area contributed by atoms with Crippen LogP contribution in [0.25, 0.3) is 11.3 Å². The number of nitrogens with one attached hydrogen (secondary N) is 2. The van der Waals surface area contributed by atoms with Crippen molar-refractivity contribution in [2.24, 2.45) is 0 Å². The predicted molar refractivity (Wildman–Crippen MR) is 116 cm³/mol. The third-order valence-corrected chi connectivity index (χ3v) is 4.94. The first kappa shape index (κ1) is 20.9.